The predicted molar refractivity (Wildman–Crippen MR) is 101 cm³/mol. The number of H-pyrrole nitrogens is 1. The molecule has 27 heavy (non-hydrogen) atoms. The molecule has 2 heterocycles. The SMILES string of the molecule is O=C(Cc1cc2ccccc2[nH]c1=O)NCCC(=O)N[C@@H]1CCS(=O)(=O)C1. The minimum atomic E-state index is -3.05. The Kier molecular flexibility index (Phi) is 5.59. The highest BCUT2D eigenvalue weighted by Gasteiger charge is 2.28. The zero-order valence-electron chi connectivity index (χ0n) is 14.7. The zero-order valence-corrected chi connectivity index (χ0v) is 15.5. The van der Waals surface area contributed by atoms with Gasteiger partial charge in [0.15, 0.2) is 9.84 Å². The van der Waals surface area contributed by atoms with Gasteiger partial charge in [-0.2, -0.15) is 0 Å². The first-order chi connectivity index (χ1) is 12.8. The molecule has 144 valence electrons. The van der Waals surface area contributed by atoms with Crippen molar-refractivity contribution in [2.75, 3.05) is 18.1 Å². The first-order valence-electron chi connectivity index (χ1n) is 8.70. The topological polar surface area (TPSA) is 125 Å². The molecule has 1 atom stereocenters. The fourth-order valence-corrected chi connectivity index (χ4v) is 4.76. The molecule has 0 saturated carbocycles. The lowest BCUT2D eigenvalue weighted by atomic mass is 10.1. The summed E-state index contributed by atoms with van der Waals surface area (Å²) in [4.78, 5) is 38.7. The third-order valence-electron chi connectivity index (χ3n) is 4.45. The Morgan fingerprint density at radius 2 is 1.96 bits per heavy atom. The maximum absolute atomic E-state index is 12.0. The number of sulfone groups is 1. The second kappa shape index (κ2) is 7.91. The van der Waals surface area contributed by atoms with E-state index in [2.05, 4.69) is 15.6 Å². The van der Waals surface area contributed by atoms with E-state index < -0.39 is 9.84 Å². The molecule has 8 nitrogen and oxygen atoms in total. The molecule has 0 unspecified atom stereocenters. The molecule has 2 amide bonds. The molecule has 0 radical (unpaired) electrons. The smallest absolute Gasteiger partial charge is 0.252 e. The Labute approximate surface area is 156 Å². The number of pyridine rings is 1. The van der Waals surface area contributed by atoms with Crippen molar-refractivity contribution in [1.82, 2.24) is 15.6 Å². The van der Waals surface area contributed by atoms with Gasteiger partial charge in [-0.25, -0.2) is 8.42 Å². The highest BCUT2D eigenvalue weighted by Crippen LogP contribution is 2.11. The number of nitrogens with one attached hydrogen (secondary N) is 3. The Hall–Kier alpha value is -2.68. The van der Waals surface area contributed by atoms with Crippen LogP contribution in [0, 0.1) is 0 Å². The van der Waals surface area contributed by atoms with Crippen LogP contribution in [0.15, 0.2) is 35.1 Å². The molecule has 2 aromatic rings. The molecular weight excluding hydrogens is 370 g/mol. The van der Waals surface area contributed by atoms with Crippen LogP contribution in [0.25, 0.3) is 10.9 Å². The van der Waals surface area contributed by atoms with Gasteiger partial charge in [0.25, 0.3) is 5.56 Å². The van der Waals surface area contributed by atoms with Gasteiger partial charge in [0.05, 0.1) is 17.9 Å². The summed E-state index contributed by atoms with van der Waals surface area (Å²) >= 11 is 0. The van der Waals surface area contributed by atoms with Gasteiger partial charge in [0.1, 0.15) is 0 Å². The van der Waals surface area contributed by atoms with Gasteiger partial charge in [-0.05, 0) is 23.9 Å². The number of hydrogen-bond acceptors (Lipinski definition) is 5. The van der Waals surface area contributed by atoms with E-state index in [-0.39, 0.29) is 54.3 Å². The molecule has 0 spiro atoms. The summed E-state index contributed by atoms with van der Waals surface area (Å²) in [6, 6.07) is 8.63. The van der Waals surface area contributed by atoms with Gasteiger partial charge < -0.3 is 15.6 Å². The second-order valence-electron chi connectivity index (χ2n) is 6.66. The number of aromatic amines is 1. The van der Waals surface area contributed by atoms with Crippen LogP contribution in [-0.2, 0) is 25.8 Å². The molecule has 1 fully saturated rings. The van der Waals surface area contributed by atoms with Crippen LogP contribution in [-0.4, -0.2) is 49.3 Å². The zero-order chi connectivity index (χ0) is 19.4. The lowest BCUT2D eigenvalue weighted by molar-refractivity contribution is -0.122. The lowest BCUT2D eigenvalue weighted by Gasteiger charge is -2.11. The molecule has 0 aliphatic carbocycles. The summed E-state index contributed by atoms with van der Waals surface area (Å²) in [5, 5.41) is 6.11. The largest absolute Gasteiger partial charge is 0.355 e. The fourth-order valence-electron chi connectivity index (χ4n) is 3.08. The Balaban J connectivity index is 1.47. The van der Waals surface area contributed by atoms with Crippen LogP contribution in [0.4, 0.5) is 0 Å². The van der Waals surface area contributed by atoms with Crippen molar-refractivity contribution in [2.24, 2.45) is 0 Å². The number of aromatic nitrogens is 1. The monoisotopic (exact) mass is 391 g/mol. The molecule has 1 aromatic carbocycles. The van der Waals surface area contributed by atoms with Crippen molar-refractivity contribution in [1.29, 1.82) is 0 Å². The van der Waals surface area contributed by atoms with E-state index in [4.69, 9.17) is 0 Å². The number of amides is 2. The third-order valence-corrected chi connectivity index (χ3v) is 6.22. The summed E-state index contributed by atoms with van der Waals surface area (Å²) < 4.78 is 22.7. The minimum Gasteiger partial charge on any atom is -0.355 e. The Bertz CT molecular complexity index is 1030. The lowest BCUT2D eigenvalue weighted by Crippen LogP contribution is -2.38. The first-order valence-corrected chi connectivity index (χ1v) is 10.5. The van der Waals surface area contributed by atoms with Gasteiger partial charge in [-0.3, -0.25) is 14.4 Å². The van der Waals surface area contributed by atoms with Crippen molar-refractivity contribution >= 4 is 32.6 Å². The molecular formula is C18H21N3O5S. The van der Waals surface area contributed by atoms with Crippen LogP contribution in [0.5, 0.6) is 0 Å². The number of hydrogen-bond donors (Lipinski definition) is 3. The number of carbonyl (C=O) groups is 2. The van der Waals surface area contributed by atoms with Crippen LogP contribution < -0.4 is 16.2 Å². The number of rotatable bonds is 6. The van der Waals surface area contributed by atoms with Crippen molar-refractivity contribution in [3.05, 3.63) is 46.2 Å². The molecule has 0 bridgehead atoms. The molecule has 3 N–H and O–H groups in total. The van der Waals surface area contributed by atoms with Gasteiger partial charge >= 0.3 is 0 Å². The highest BCUT2D eigenvalue weighted by molar-refractivity contribution is 7.91. The van der Waals surface area contributed by atoms with Crippen LogP contribution in [0.3, 0.4) is 0 Å². The average molecular weight is 391 g/mol. The quantitative estimate of drug-likeness (QED) is 0.633. The number of fused-ring (bicyclic) bond motifs is 1. The number of benzene rings is 1. The molecule has 1 aromatic heterocycles. The summed E-state index contributed by atoms with van der Waals surface area (Å²) in [6.45, 7) is 0.121. The summed E-state index contributed by atoms with van der Waals surface area (Å²) in [6.07, 6.45) is 0.393. The number of carbonyl (C=O) groups excluding carboxylic acids is 2. The predicted octanol–water partition coefficient (Wildman–Crippen LogP) is -0.120. The molecule has 9 heteroatoms. The van der Waals surface area contributed by atoms with E-state index in [1.54, 1.807) is 12.1 Å². The maximum atomic E-state index is 12.0. The van der Waals surface area contributed by atoms with Crippen molar-refractivity contribution in [3.8, 4) is 0 Å². The van der Waals surface area contributed by atoms with Crippen molar-refractivity contribution < 1.29 is 18.0 Å². The molecule has 1 aliphatic rings. The average Bonchev–Trinajstić information content (AvgIpc) is 2.94. The summed E-state index contributed by atoms with van der Waals surface area (Å²) in [5.74, 6) is -0.599. The normalized spacial score (nSPS) is 18.3. The van der Waals surface area contributed by atoms with Crippen LogP contribution in [0.2, 0.25) is 0 Å². The van der Waals surface area contributed by atoms with Crippen LogP contribution >= 0.6 is 0 Å². The maximum Gasteiger partial charge on any atom is 0.252 e. The van der Waals surface area contributed by atoms with E-state index in [9.17, 15) is 22.8 Å². The minimum absolute atomic E-state index is 0.0319. The second-order valence-corrected chi connectivity index (χ2v) is 8.88. The standard InChI is InChI=1S/C18H21N3O5S/c22-16(20-14-6-8-27(25,26)11-14)5-7-19-17(23)10-13-9-12-3-1-2-4-15(12)21-18(13)24/h1-4,9,14H,5-8,10-11H2,(H,19,23)(H,20,22)(H,21,24)/t14-/m1/s1. The fraction of sp³-hybridized carbons (Fsp3) is 0.389. The summed E-state index contributed by atoms with van der Waals surface area (Å²) in [7, 11) is -3.05. The summed E-state index contributed by atoms with van der Waals surface area (Å²) in [5.41, 5.74) is 0.744. The highest BCUT2D eigenvalue weighted by atomic mass is 32.2. The third kappa shape index (κ3) is 5.16. The van der Waals surface area contributed by atoms with Crippen molar-refractivity contribution in [2.45, 2.75) is 25.3 Å². The van der Waals surface area contributed by atoms with E-state index in [0.717, 1.165) is 5.39 Å². The Morgan fingerprint density at radius 3 is 2.70 bits per heavy atom. The van der Waals surface area contributed by atoms with E-state index in [0.29, 0.717) is 17.5 Å². The molecule has 1 aliphatic heterocycles. The first kappa shape index (κ1) is 19.1. The van der Waals surface area contributed by atoms with Crippen LogP contribution in [0.1, 0.15) is 18.4 Å². The van der Waals surface area contributed by atoms with Gasteiger partial charge in [-0.1, -0.05) is 18.2 Å². The van der Waals surface area contributed by atoms with E-state index in [1.807, 2.05) is 18.2 Å². The van der Waals surface area contributed by atoms with Gasteiger partial charge in [0, 0.05) is 30.1 Å². The van der Waals surface area contributed by atoms with E-state index in [1.165, 1.54) is 0 Å². The van der Waals surface area contributed by atoms with E-state index >= 15 is 0 Å². The van der Waals surface area contributed by atoms with Gasteiger partial charge in [-0.15, -0.1) is 0 Å². The molecule has 3 rings (SSSR count). The Morgan fingerprint density at radius 1 is 1.19 bits per heavy atom. The molecule has 1 saturated heterocycles. The van der Waals surface area contributed by atoms with Crippen molar-refractivity contribution in [3.63, 3.8) is 0 Å². The number of para-hydroxylation sites is 1. The van der Waals surface area contributed by atoms with Gasteiger partial charge in [0.2, 0.25) is 11.8 Å².